The lowest BCUT2D eigenvalue weighted by Crippen LogP contribution is -2.38. The van der Waals surface area contributed by atoms with Gasteiger partial charge in [-0.25, -0.2) is 12.8 Å². The van der Waals surface area contributed by atoms with Crippen LogP contribution in [0.3, 0.4) is 0 Å². The number of aryl methyl sites for hydroxylation is 1. The Morgan fingerprint density at radius 2 is 1.89 bits per heavy atom. The third kappa shape index (κ3) is 3.84. The minimum atomic E-state index is -3.10. The van der Waals surface area contributed by atoms with Gasteiger partial charge in [0, 0.05) is 10.9 Å². The number of amidine groups is 1. The number of aliphatic imine (C=N–C) groups is 1. The van der Waals surface area contributed by atoms with E-state index in [4.69, 9.17) is 0 Å². The number of amides is 1. The second kappa shape index (κ2) is 7.33. The molecule has 2 atom stereocenters. The highest BCUT2D eigenvalue weighted by Gasteiger charge is 2.49. The van der Waals surface area contributed by atoms with Crippen molar-refractivity contribution in [2.24, 2.45) is 4.99 Å². The second-order valence-electron chi connectivity index (χ2n) is 7.05. The zero-order chi connectivity index (χ0) is 19.9. The minimum Gasteiger partial charge on any atom is -0.315 e. The summed E-state index contributed by atoms with van der Waals surface area (Å²) in [6.45, 7) is 1.95. The topological polar surface area (TPSA) is 66.8 Å². The average molecular weight is 419 g/mol. The fourth-order valence-electron chi connectivity index (χ4n) is 3.60. The van der Waals surface area contributed by atoms with Gasteiger partial charge in [0.05, 0.1) is 24.0 Å². The van der Waals surface area contributed by atoms with E-state index < -0.39 is 9.84 Å². The molecule has 0 radical (unpaired) electrons. The molecule has 2 fully saturated rings. The number of halogens is 1. The zero-order valence-electron chi connectivity index (χ0n) is 15.2. The molecular formula is C20H19FN2O3S2. The molecule has 28 heavy (non-hydrogen) atoms. The molecule has 2 aliphatic heterocycles. The Labute approximate surface area is 167 Å². The molecule has 2 heterocycles. The van der Waals surface area contributed by atoms with Crippen molar-refractivity contribution in [3.8, 4) is 0 Å². The van der Waals surface area contributed by atoms with Crippen LogP contribution >= 0.6 is 11.8 Å². The maximum absolute atomic E-state index is 13.1. The number of carbonyl (C=O) groups excluding carboxylic acids is 1. The second-order valence-corrected chi connectivity index (χ2v) is 10.4. The first kappa shape index (κ1) is 19.1. The summed E-state index contributed by atoms with van der Waals surface area (Å²) in [4.78, 5) is 18.7. The van der Waals surface area contributed by atoms with Crippen LogP contribution in [-0.2, 0) is 21.1 Å². The SMILES string of the molecule is Cc1ccccc1N1C(=NC(=O)Cc2ccc(F)cc2)S[C@@H]2CS(=O)(=O)C[C@H]21. The van der Waals surface area contributed by atoms with Crippen LogP contribution in [-0.4, -0.2) is 42.3 Å². The molecule has 0 aliphatic carbocycles. The van der Waals surface area contributed by atoms with Crippen LogP contribution in [0.4, 0.5) is 10.1 Å². The Bertz CT molecular complexity index is 1050. The third-order valence-corrected chi connectivity index (χ3v) is 8.14. The van der Waals surface area contributed by atoms with E-state index in [1.54, 1.807) is 12.1 Å². The smallest absolute Gasteiger partial charge is 0.252 e. The van der Waals surface area contributed by atoms with E-state index in [9.17, 15) is 17.6 Å². The molecule has 8 heteroatoms. The van der Waals surface area contributed by atoms with E-state index in [0.717, 1.165) is 11.3 Å². The fourth-order valence-corrected chi connectivity index (χ4v) is 7.53. The molecule has 146 valence electrons. The zero-order valence-corrected chi connectivity index (χ0v) is 16.8. The summed E-state index contributed by atoms with van der Waals surface area (Å²) < 4.78 is 37.3. The molecule has 2 saturated heterocycles. The molecule has 5 nitrogen and oxygen atoms in total. The van der Waals surface area contributed by atoms with Gasteiger partial charge in [0.15, 0.2) is 15.0 Å². The van der Waals surface area contributed by atoms with Gasteiger partial charge in [-0.1, -0.05) is 42.1 Å². The lowest BCUT2D eigenvalue weighted by Gasteiger charge is -2.26. The van der Waals surface area contributed by atoms with Crippen LogP contribution in [0, 0.1) is 12.7 Å². The first-order chi connectivity index (χ1) is 13.3. The van der Waals surface area contributed by atoms with Crippen LogP contribution < -0.4 is 4.90 Å². The van der Waals surface area contributed by atoms with Crippen molar-refractivity contribution in [3.63, 3.8) is 0 Å². The predicted octanol–water partition coefficient (Wildman–Crippen LogP) is 2.98. The van der Waals surface area contributed by atoms with E-state index in [1.807, 2.05) is 36.1 Å². The van der Waals surface area contributed by atoms with E-state index >= 15 is 0 Å². The molecule has 1 amide bonds. The molecule has 2 aromatic rings. The van der Waals surface area contributed by atoms with Crippen LogP contribution in [0.1, 0.15) is 11.1 Å². The van der Waals surface area contributed by atoms with Gasteiger partial charge < -0.3 is 4.90 Å². The summed E-state index contributed by atoms with van der Waals surface area (Å²) in [7, 11) is -3.10. The number of nitrogens with zero attached hydrogens (tertiary/aromatic N) is 2. The molecule has 0 bridgehead atoms. The maximum Gasteiger partial charge on any atom is 0.252 e. The van der Waals surface area contributed by atoms with Crippen LogP contribution in [0.15, 0.2) is 53.5 Å². The number of hydrogen-bond donors (Lipinski definition) is 0. The quantitative estimate of drug-likeness (QED) is 0.767. The third-order valence-electron chi connectivity index (χ3n) is 4.93. The largest absolute Gasteiger partial charge is 0.315 e. The summed E-state index contributed by atoms with van der Waals surface area (Å²) in [6.07, 6.45) is 0.0690. The molecule has 0 N–H and O–H groups in total. The van der Waals surface area contributed by atoms with Gasteiger partial charge in [-0.3, -0.25) is 4.79 Å². The average Bonchev–Trinajstić information content (AvgIpc) is 3.08. The lowest BCUT2D eigenvalue weighted by atomic mass is 10.1. The van der Waals surface area contributed by atoms with Crippen molar-refractivity contribution in [3.05, 3.63) is 65.5 Å². The Hall–Kier alpha value is -2.19. The molecule has 0 unspecified atom stereocenters. The Kier molecular flexibility index (Phi) is 5.01. The summed E-state index contributed by atoms with van der Waals surface area (Å²) in [5, 5.41) is 0.397. The van der Waals surface area contributed by atoms with Crippen molar-refractivity contribution in [1.82, 2.24) is 0 Å². The normalized spacial score (nSPS) is 24.5. The molecule has 0 aromatic heterocycles. The van der Waals surface area contributed by atoms with Gasteiger partial charge in [0.25, 0.3) is 5.91 Å². The van der Waals surface area contributed by atoms with Crippen LogP contribution in [0.2, 0.25) is 0 Å². The highest BCUT2D eigenvalue weighted by Crippen LogP contribution is 2.41. The summed E-state index contributed by atoms with van der Waals surface area (Å²) in [5.41, 5.74) is 2.55. The van der Waals surface area contributed by atoms with Gasteiger partial charge in [0.1, 0.15) is 5.82 Å². The van der Waals surface area contributed by atoms with Crippen LogP contribution in [0.25, 0.3) is 0 Å². The number of para-hydroxylation sites is 1. The number of sulfone groups is 1. The van der Waals surface area contributed by atoms with Crippen LogP contribution in [0.5, 0.6) is 0 Å². The maximum atomic E-state index is 13.1. The van der Waals surface area contributed by atoms with Crippen molar-refractivity contribution in [2.75, 3.05) is 16.4 Å². The Morgan fingerprint density at radius 1 is 1.18 bits per heavy atom. The number of rotatable bonds is 3. The molecule has 2 aromatic carbocycles. The first-order valence-electron chi connectivity index (χ1n) is 8.90. The molecule has 0 spiro atoms. The Balaban J connectivity index is 1.65. The summed E-state index contributed by atoms with van der Waals surface area (Å²) in [5.74, 6) is -0.538. The minimum absolute atomic E-state index is 0.0597. The van der Waals surface area contributed by atoms with Gasteiger partial charge in [-0.2, -0.15) is 4.99 Å². The molecule has 2 aliphatic rings. The highest BCUT2D eigenvalue weighted by molar-refractivity contribution is 8.16. The number of carbonyl (C=O) groups is 1. The Morgan fingerprint density at radius 3 is 2.61 bits per heavy atom. The van der Waals surface area contributed by atoms with E-state index in [1.165, 1.54) is 23.9 Å². The first-order valence-corrected chi connectivity index (χ1v) is 11.6. The molecular weight excluding hydrogens is 399 g/mol. The monoisotopic (exact) mass is 418 g/mol. The van der Waals surface area contributed by atoms with Gasteiger partial charge in [-0.05, 0) is 36.2 Å². The standard InChI is InChI=1S/C20H19FN2O3S2/c1-13-4-2-3-5-16(13)23-17-11-28(25,26)12-18(17)27-20(23)22-19(24)10-14-6-8-15(21)9-7-14/h2-9,17-18H,10-12H2,1H3/t17-,18-/m1/s1. The van der Waals surface area contributed by atoms with Crippen molar-refractivity contribution in [2.45, 2.75) is 24.6 Å². The number of anilines is 1. The van der Waals surface area contributed by atoms with E-state index in [-0.39, 0.29) is 40.9 Å². The van der Waals surface area contributed by atoms with Crippen molar-refractivity contribution in [1.29, 1.82) is 0 Å². The van der Waals surface area contributed by atoms with Gasteiger partial charge in [0.2, 0.25) is 0 Å². The van der Waals surface area contributed by atoms with Gasteiger partial charge in [-0.15, -0.1) is 0 Å². The molecule has 0 saturated carbocycles. The van der Waals surface area contributed by atoms with Crippen molar-refractivity contribution >= 4 is 38.4 Å². The lowest BCUT2D eigenvalue weighted by molar-refractivity contribution is -0.117. The fraction of sp³-hybridized carbons (Fsp3) is 0.300. The summed E-state index contributed by atoms with van der Waals surface area (Å²) in [6, 6.07) is 13.2. The predicted molar refractivity (Wildman–Crippen MR) is 110 cm³/mol. The van der Waals surface area contributed by atoms with E-state index in [2.05, 4.69) is 4.99 Å². The van der Waals surface area contributed by atoms with E-state index in [0.29, 0.717) is 10.7 Å². The van der Waals surface area contributed by atoms with Gasteiger partial charge >= 0.3 is 0 Å². The molecule has 4 rings (SSSR count). The number of fused-ring (bicyclic) bond motifs is 1. The van der Waals surface area contributed by atoms with Crippen molar-refractivity contribution < 1.29 is 17.6 Å². The number of benzene rings is 2. The number of hydrogen-bond acceptors (Lipinski definition) is 4. The number of thioether (sulfide) groups is 1. The summed E-state index contributed by atoms with van der Waals surface area (Å²) >= 11 is 1.35. The highest BCUT2D eigenvalue weighted by atomic mass is 32.2.